The summed E-state index contributed by atoms with van der Waals surface area (Å²) in [5.41, 5.74) is 2.64. The molecule has 3 aliphatic rings. The predicted octanol–water partition coefficient (Wildman–Crippen LogP) is 2.80. The van der Waals surface area contributed by atoms with Crippen molar-refractivity contribution in [2.45, 2.75) is 37.3 Å². The molecule has 28 heavy (non-hydrogen) atoms. The van der Waals surface area contributed by atoms with Gasteiger partial charge in [-0.05, 0) is 36.6 Å². The van der Waals surface area contributed by atoms with Crippen LogP contribution < -0.4 is 4.90 Å². The summed E-state index contributed by atoms with van der Waals surface area (Å²) in [6.45, 7) is 0.427. The Bertz CT molecular complexity index is 909. The molecule has 0 bridgehead atoms. The zero-order valence-electron chi connectivity index (χ0n) is 15.7. The molecule has 0 aromatic heterocycles. The smallest absolute Gasteiger partial charge is 0.254 e. The second-order valence-electron chi connectivity index (χ2n) is 8.06. The minimum atomic E-state index is -0.250. The van der Waals surface area contributed by atoms with Crippen LogP contribution in [-0.4, -0.2) is 47.1 Å². The molecule has 1 N–H and O–H groups in total. The van der Waals surface area contributed by atoms with E-state index in [4.69, 9.17) is 0 Å². The normalized spacial score (nSPS) is 26.0. The number of hydrogen-bond acceptors (Lipinski definition) is 3. The Hall–Kier alpha value is -2.66. The molecule has 2 fully saturated rings. The number of likely N-dealkylation sites (tertiary alicyclic amines) is 1. The summed E-state index contributed by atoms with van der Waals surface area (Å²) in [7, 11) is 0. The molecular formula is C23H24N2O3. The van der Waals surface area contributed by atoms with E-state index >= 15 is 0 Å². The van der Waals surface area contributed by atoms with Gasteiger partial charge in [0.15, 0.2) is 0 Å². The summed E-state index contributed by atoms with van der Waals surface area (Å²) in [4.78, 5) is 29.9. The zero-order chi connectivity index (χ0) is 19.3. The number of fused-ring (bicyclic) bond motifs is 3. The van der Waals surface area contributed by atoms with Gasteiger partial charge in [0.1, 0.15) is 0 Å². The first-order valence-electron chi connectivity index (χ1n) is 10.1. The highest BCUT2D eigenvalue weighted by atomic mass is 16.3. The molecule has 5 nitrogen and oxygen atoms in total. The van der Waals surface area contributed by atoms with Crippen molar-refractivity contribution < 1.29 is 14.7 Å². The lowest BCUT2D eigenvalue weighted by Crippen LogP contribution is -2.71. The van der Waals surface area contributed by atoms with Crippen molar-refractivity contribution in [3.05, 3.63) is 65.7 Å². The number of carbonyl (C=O) groups is 2. The monoisotopic (exact) mass is 376 g/mol. The average Bonchev–Trinajstić information content (AvgIpc) is 2.67. The quantitative estimate of drug-likeness (QED) is 0.896. The van der Waals surface area contributed by atoms with Gasteiger partial charge in [0.25, 0.3) is 5.91 Å². The van der Waals surface area contributed by atoms with Gasteiger partial charge in [0.05, 0.1) is 18.7 Å². The molecule has 0 unspecified atom stereocenters. The van der Waals surface area contributed by atoms with Crippen LogP contribution in [-0.2, 0) is 4.79 Å². The Morgan fingerprint density at radius 3 is 2.39 bits per heavy atom. The van der Waals surface area contributed by atoms with Gasteiger partial charge in [0.2, 0.25) is 5.91 Å². The van der Waals surface area contributed by atoms with Gasteiger partial charge >= 0.3 is 0 Å². The Labute approximate surface area is 164 Å². The number of aliphatic hydroxyl groups excluding tert-OH is 1. The molecule has 2 amide bonds. The van der Waals surface area contributed by atoms with Gasteiger partial charge < -0.3 is 14.9 Å². The molecule has 0 spiro atoms. The Balaban J connectivity index is 1.51. The fourth-order valence-electron chi connectivity index (χ4n) is 4.98. The fourth-order valence-corrected chi connectivity index (χ4v) is 4.98. The van der Waals surface area contributed by atoms with Gasteiger partial charge in [-0.25, -0.2) is 0 Å². The number of nitrogens with zero attached hydrogens (tertiary/aromatic N) is 2. The van der Waals surface area contributed by atoms with Crippen LogP contribution >= 0.6 is 0 Å². The topological polar surface area (TPSA) is 60.9 Å². The van der Waals surface area contributed by atoms with Crippen molar-refractivity contribution in [1.29, 1.82) is 0 Å². The number of rotatable bonds is 3. The van der Waals surface area contributed by atoms with E-state index < -0.39 is 0 Å². The van der Waals surface area contributed by atoms with E-state index in [0.717, 1.165) is 30.5 Å². The van der Waals surface area contributed by atoms with Crippen LogP contribution in [0, 0.1) is 5.92 Å². The fraction of sp³-hybridized carbons (Fsp3) is 0.391. The van der Waals surface area contributed by atoms with Crippen molar-refractivity contribution in [1.82, 2.24) is 4.90 Å². The van der Waals surface area contributed by atoms with E-state index in [1.54, 1.807) is 17.0 Å². The number of hydrogen-bond donors (Lipinski definition) is 1. The molecule has 1 saturated carbocycles. The van der Waals surface area contributed by atoms with E-state index in [2.05, 4.69) is 0 Å². The van der Waals surface area contributed by atoms with Crippen molar-refractivity contribution in [2.75, 3.05) is 18.1 Å². The maximum Gasteiger partial charge on any atom is 0.254 e. The maximum absolute atomic E-state index is 13.2. The van der Waals surface area contributed by atoms with Crippen LogP contribution in [0.4, 0.5) is 5.69 Å². The second-order valence-corrected chi connectivity index (χ2v) is 8.06. The van der Waals surface area contributed by atoms with E-state index in [-0.39, 0.29) is 42.3 Å². The van der Waals surface area contributed by atoms with Crippen LogP contribution in [0.3, 0.4) is 0 Å². The minimum absolute atomic E-state index is 0.0688. The summed E-state index contributed by atoms with van der Waals surface area (Å²) in [6, 6.07) is 16.8. The highest BCUT2D eigenvalue weighted by molar-refractivity contribution is 5.99. The average molecular weight is 376 g/mol. The van der Waals surface area contributed by atoms with E-state index in [1.807, 2.05) is 47.4 Å². The summed E-state index contributed by atoms with van der Waals surface area (Å²) in [6.07, 6.45) is 3.03. The third kappa shape index (κ3) is 2.49. The van der Waals surface area contributed by atoms with Gasteiger partial charge in [0, 0.05) is 29.6 Å². The molecular weight excluding hydrogens is 352 g/mol. The molecule has 2 aliphatic heterocycles. The zero-order valence-corrected chi connectivity index (χ0v) is 15.7. The van der Waals surface area contributed by atoms with Crippen LogP contribution in [0.1, 0.15) is 41.1 Å². The van der Waals surface area contributed by atoms with Crippen molar-refractivity contribution >= 4 is 17.5 Å². The van der Waals surface area contributed by atoms with Crippen LogP contribution in [0.15, 0.2) is 54.6 Å². The molecule has 5 rings (SSSR count). The molecule has 2 heterocycles. The third-order valence-electron chi connectivity index (χ3n) is 6.66. The van der Waals surface area contributed by atoms with Gasteiger partial charge in [-0.3, -0.25) is 9.59 Å². The van der Waals surface area contributed by atoms with E-state index in [9.17, 15) is 14.7 Å². The SMILES string of the molecule is O=C(C1CCC1)N1C[C@H]2[C@@H](c3ccccc31)[C@H](CO)N2C(=O)c1ccccc1. The Morgan fingerprint density at radius 2 is 1.71 bits per heavy atom. The second kappa shape index (κ2) is 6.74. The van der Waals surface area contributed by atoms with Crippen molar-refractivity contribution in [3.8, 4) is 0 Å². The summed E-state index contributed by atoms with van der Waals surface area (Å²) >= 11 is 0. The Kier molecular flexibility index (Phi) is 4.20. The number of amides is 2. The summed E-state index contributed by atoms with van der Waals surface area (Å²) in [5, 5.41) is 10.1. The van der Waals surface area contributed by atoms with E-state index in [1.165, 1.54) is 0 Å². The Morgan fingerprint density at radius 1 is 1.00 bits per heavy atom. The lowest BCUT2D eigenvalue weighted by molar-refractivity contribution is -0.125. The lowest BCUT2D eigenvalue weighted by atomic mass is 9.71. The number of para-hydroxylation sites is 1. The number of aliphatic hydroxyl groups is 1. The molecule has 3 atom stereocenters. The molecule has 0 radical (unpaired) electrons. The van der Waals surface area contributed by atoms with E-state index in [0.29, 0.717) is 12.1 Å². The standard InChI is InChI=1S/C23H24N2O3/c26-14-20-21-17-11-4-5-12-18(17)24(22(27)15-9-6-10-15)13-19(21)25(20)23(28)16-7-2-1-3-8-16/h1-5,7-8,11-12,15,19-21,26H,6,9-10,13-14H2/t19-,20-,21+/m0/s1. The highest BCUT2D eigenvalue weighted by Crippen LogP contribution is 2.49. The number of anilines is 1. The first-order chi connectivity index (χ1) is 13.7. The van der Waals surface area contributed by atoms with Gasteiger partial charge in [-0.1, -0.05) is 42.8 Å². The molecule has 2 aromatic rings. The van der Waals surface area contributed by atoms with Crippen LogP contribution in [0.25, 0.3) is 0 Å². The van der Waals surface area contributed by atoms with Crippen LogP contribution in [0.5, 0.6) is 0 Å². The number of carbonyl (C=O) groups excluding carboxylic acids is 2. The molecule has 5 heteroatoms. The van der Waals surface area contributed by atoms with Gasteiger partial charge in [-0.15, -0.1) is 0 Å². The predicted molar refractivity (Wildman–Crippen MR) is 106 cm³/mol. The molecule has 2 aromatic carbocycles. The molecule has 1 aliphatic carbocycles. The first-order valence-corrected chi connectivity index (χ1v) is 10.1. The summed E-state index contributed by atoms with van der Waals surface area (Å²) in [5.74, 6) is 0.281. The molecule has 1 saturated heterocycles. The van der Waals surface area contributed by atoms with Crippen LogP contribution in [0.2, 0.25) is 0 Å². The largest absolute Gasteiger partial charge is 0.394 e. The number of benzene rings is 2. The third-order valence-corrected chi connectivity index (χ3v) is 6.66. The molecule has 144 valence electrons. The maximum atomic E-state index is 13.2. The highest BCUT2D eigenvalue weighted by Gasteiger charge is 2.55. The van der Waals surface area contributed by atoms with Crippen molar-refractivity contribution in [3.63, 3.8) is 0 Å². The lowest BCUT2D eigenvalue weighted by Gasteiger charge is -2.59. The van der Waals surface area contributed by atoms with Crippen molar-refractivity contribution in [2.24, 2.45) is 5.92 Å². The van der Waals surface area contributed by atoms with Gasteiger partial charge in [-0.2, -0.15) is 0 Å². The minimum Gasteiger partial charge on any atom is -0.394 e. The summed E-state index contributed by atoms with van der Waals surface area (Å²) < 4.78 is 0. The first kappa shape index (κ1) is 17.4.